The van der Waals surface area contributed by atoms with Crippen molar-refractivity contribution >= 4 is 5.91 Å². The first-order valence-corrected chi connectivity index (χ1v) is 10.4. The lowest BCUT2D eigenvalue weighted by molar-refractivity contribution is -0.133. The molecule has 160 valence electrons. The second-order valence-electron chi connectivity index (χ2n) is 7.66. The van der Waals surface area contributed by atoms with Gasteiger partial charge in [0.2, 0.25) is 11.7 Å². The van der Waals surface area contributed by atoms with Crippen LogP contribution >= 0.6 is 0 Å². The van der Waals surface area contributed by atoms with Gasteiger partial charge in [-0.3, -0.25) is 4.79 Å². The number of hydrogen-bond donors (Lipinski definition) is 0. The molecule has 1 saturated heterocycles. The molecule has 0 bridgehead atoms. The summed E-state index contributed by atoms with van der Waals surface area (Å²) in [6, 6.07) is 11.8. The van der Waals surface area contributed by atoms with Gasteiger partial charge in [0.25, 0.3) is 0 Å². The number of likely N-dealkylation sites (tertiary alicyclic amines) is 1. The standard InChI is InChI=1S/C22H22FN5O3/c23-17-5-1-4-16(12-17)22-24-26-28(25-22)14-21(29)27-9-2-6-18(27)15-7-8-19-20(13-15)31-11-3-10-30-19/h1,4-5,7-8,12-13,18H,2-3,6,9-11,14H2/t18-/m1/s1. The molecule has 2 aromatic carbocycles. The van der Waals surface area contributed by atoms with Crippen molar-refractivity contribution in [2.45, 2.75) is 31.8 Å². The Morgan fingerprint density at radius 2 is 1.97 bits per heavy atom. The van der Waals surface area contributed by atoms with Gasteiger partial charge < -0.3 is 14.4 Å². The summed E-state index contributed by atoms with van der Waals surface area (Å²) in [5.74, 6) is 1.30. The normalized spacial score (nSPS) is 18.1. The van der Waals surface area contributed by atoms with Crippen LogP contribution in [-0.4, -0.2) is 50.8 Å². The monoisotopic (exact) mass is 423 g/mol. The van der Waals surface area contributed by atoms with E-state index in [4.69, 9.17) is 9.47 Å². The van der Waals surface area contributed by atoms with Gasteiger partial charge in [0, 0.05) is 18.5 Å². The van der Waals surface area contributed by atoms with E-state index in [0.29, 0.717) is 25.3 Å². The lowest BCUT2D eigenvalue weighted by Gasteiger charge is -2.25. The fourth-order valence-corrected chi connectivity index (χ4v) is 4.06. The highest BCUT2D eigenvalue weighted by Gasteiger charge is 2.31. The second kappa shape index (κ2) is 8.33. The van der Waals surface area contributed by atoms with E-state index >= 15 is 0 Å². The van der Waals surface area contributed by atoms with Crippen molar-refractivity contribution in [1.29, 1.82) is 0 Å². The van der Waals surface area contributed by atoms with E-state index in [-0.39, 0.29) is 30.1 Å². The van der Waals surface area contributed by atoms with Crippen molar-refractivity contribution in [3.63, 3.8) is 0 Å². The highest BCUT2D eigenvalue weighted by molar-refractivity contribution is 5.76. The van der Waals surface area contributed by atoms with Gasteiger partial charge in [0.05, 0.1) is 19.3 Å². The number of carbonyl (C=O) groups excluding carboxylic acids is 1. The summed E-state index contributed by atoms with van der Waals surface area (Å²) in [5, 5.41) is 12.2. The summed E-state index contributed by atoms with van der Waals surface area (Å²) in [6.45, 7) is 1.91. The molecule has 1 amide bonds. The molecule has 8 nitrogen and oxygen atoms in total. The van der Waals surface area contributed by atoms with Crippen LogP contribution in [0, 0.1) is 5.82 Å². The van der Waals surface area contributed by atoms with Crippen molar-refractivity contribution in [3.05, 3.63) is 53.8 Å². The van der Waals surface area contributed by atoms with E-state index in [2.05, 4.69) is 15.4 Å². The van der Waals surface area contributed by atoms with Crippen LogP contribution in [-0.2, 0) is 11.3 Å². The second-order valence-corrected chi connectivity index (χ2v) is 7.66. The van der Waals surface area contributed by atoms with Crippen molar-refractivity contribution in [2.24, 2.45) is 0 Å². The number of carbonyl (C=O) groups is 1. The molecule has 0 unspecified atom stereocenters. The number of fused-ring (bicyclic) bond motifs is 1. The van der Waals surface area contributed by atoms with E-state index in [9.17, 15) is 9.18 Å². The summed E-state index contributed by atoms with van der Waals surface area (Å²) in [4.78, 5) is 16.1. The largest absolute Gasteiger partial charge is 0.490 e. The predicted octanol–water partition coefficient (Wildman–Crippen LogP) is 3.00. The lowest BCUT2D eigenvalue weighted by Crippen LogP contribution is -2.34. The zero-order valence-corrected chi connectivity index (χ0v) is 16.9. The molecule has 9 heteroatoms. The Balaban J connectivity index is 1.31. The third kappa shape index (κ3) is 4.08. The smallest absolute Gasteiger partial charge is 0.246 e. The lowest BCUT2D eigenvalue weighted by atomic mass is 10.0. The third-order valence-corrected chi connectivity index (χ3v) is 5.54. The minimum atomic E-state index is -0.375. The molecule has 0 radical (unpaired) electrons. The van der Waals surface area contributed by atoms with Crippen LogP contribution in [0.5, 0.6) is 11.5 Å². The van der Waals surface area contributed by atoms with Gasteiger partial charge in [-0.05, 0) is 47.9 Å². The zero-order valence-electron chi connectivity index (χ0n) is 16.9. The molecule has 0 saturated carbocycles. The van der Waals surface area contributed by atoms with Gasteiger partial charge >= 0.3 is 0 Å². The number of hydrogen-bond acceptors (Lipinski definition) is 6. The van der Waals surface area contributed by atoms with Crippen molar-refractivity contribution in [3.8, 4) is 22.9 Å². The first-order chi connectivity index (χ1) is 15.2. The highest BCUT2D eigenvalue weighted by Crippen LogP contribution is 2.38. The average molecular weight is 423 g/mol. The molecule has 1 aromatic heterocycles. The van der Waals surface area contributed by atoms with Crippen molar-refractivity contribution < 1.29 is 18.7 Å². The highest BCUT2D eigenvalue weighted by atomic mass is 19.1. The molecule has 3 aromatic rings. The fraction of sp³-hybridized carbons (Fsp3) is 0.364. The minimum Gasteiger partial charge on any atom is -0.490 e. The Morgan fingerprint density at radius 3 is 2.84 bits per heavy atom. The van der Waals surface area contributed by atoms with E-state index < -0.39 is 0 Å². The molecule has 2 aliphatic heterocycles. The number of ether oxygens (including phenoxy) is 2. The molecular weight excluding hydrogens is 401 g/mol. The summed E-state index contributed by atoms with van der Waals surface area (Å²) in [6.07, 6.45) is 2.65. The maximum absolute atomic E-state index is 13.4. The number of halogens is 1. The van der Waals surface area contributed by atoms with Gasteiger partial charge in [0.1, 0.15) is 12.4 Å². The van der Waals surface area contributed by atoms with Gasteiger partial charge in [-0.2, -0.15) is 4.80 Å². The Bertz CT molecular complexity index is 1100. The molecule has 31 heavy (non-hydrogen) atoms. The van der Waals surface area contributed by atoms with Crippen LogP contribution in [0.2, 0.25) is 0 Å². The fourth-order valence-electron chi connectivity index (χ4n) is 4.06. The van der Waals surface area contributed by atoms with Gasteiger partial charge in [0.15, 0.2) is 11.5 Å². The first-order valence-electron chi connectivity index (χ1n) is 10.4. The Kier molecular flexibility index (Phi) is 5.23. The molecular formula is C22H22FN5O3. The summed E-state index contributed by atoms with van der Waals surface area (Å²) in [5.41, 5.74) is 1.55. The topological polar surface area (TPSA) is 82.4 Å². The number of nitrogens with zero attached hydrogens (tertiary/aromatic N) is 5. The number of benzene rings is 2. The van der Waals surface area contributed by atoms with E-state index in [0.717, 1.165) is 36.3 Å². The van der Waals surface area contributed by atoms with Crippen LogP contribution in [0.15, 0.2) is 42.5 Å². The van der Waals surface area contributed by atoms with Crippen LogP contribution in [0.3, 0.4) is 0 Å². The predicted molar refractivity (Wildman–Crippen MR) is 109 cm³/mol. The number of rotatable bonds is 4. The minimum absolute atomic E-state index is 0.0244. The molecule has 0 aliphatic carbocycles. The molecule has 1 fully saturated rings. The van der Waals surface area contributed by atoms with Gasteiger partial charge in [-0.15, -0.1) is 10.2 Å². The van der Waals surface area contributed by atoms with Gasteiger partial charge in [-0.1, -0.05) is 18.2 Å². The van der Waals surface area contributed by atoms with E-state index in [1.165, 1.54) is 16.9 Å². The summed E-state index contributed by atoms with van der Waals surface area (Å²) in [7, 11) is 0. The maximum Gasteiger partial charge on any atom is 0.246 e. The summed E-state index contributed by atoms with van der Waals surface area (Å²) < 4.78 is 25.0. The molecule has 5 rings (SSSR count). The van der Waals surface area contributed by atoms with Crippen LogP contribution in [0.1, 0.15) is 30.9 Å². The Hall–Kier alpha value is -3.49. The van der Waals surface area contributed by atoms with Crippen molar-refractivity contribution in [2.75, 3.05) is 19.8 Å². The number of tetrazole rings is 1. The SMILES string of the molecule is O=C(Cn1nnc(-c2cccc(F)c2)n1)N1CCC[C@@H]1c1ccc2c(c1)OCCCO2. The molecule has 0 spiro atoms. The zero-order chi connectivity index (χ0) is 21.2. The number of aromatic nitrogens is 4. The quantitative estimate of drug-likeness (QED) is 0.642. The van der Waals surface area contributed by atoms with Crippen LogP contribution < -0.4 is 9.47 Å². The van der Waals surface area contributed by atoms with Crippen LogP contribution in [0.25, 0.3) is 11.4 Å². The van der Waals surface area contributed by atoms with E-state index in [1.807, 2.05) is 23.1 Å². The van der Waals surface area contributed by atoms with Crippen LogP contribution in [0.4, 0.5) is 4.39 Å². The van der Waals surface area contributed by atoms with Gasteiger partial charge in [-0.25, -0.2) is 4.39 Å². The maximum atomic E-state index is 13.4. The van der Waals surface area contributed by atoms with E-state index in [1.54, 1.807) is 12.1 Å². The third-order valence-electron chi connectivity index (χ3n) is 5.54. The average Bonchev–Trinajstić information content (AvgIpc) is 3.38. The van der Waals surface area contributed by atoms with Crippen molar-refractivity contribution in [1.82, 2.24) is 25.1 Å². The first kappa shape index (κ1) is 19.5. The molecule has 2 aliphatic rings. The molecule has 0 N–H and O–H groups in total. The molecule has 1 atom stereocenters. The summed E-state index contributed by atoms with van der Waals surface area (Å²) >= 11 is 0. The molecule has 3 heterocycles. The Morgan fingerprint density at radius 1 is 1.10 bits per heavy atom. The Labute approximate surface area is 178 Å². The number of amides is 1.